The molecule has 2 aromatic heterocycles. The molecule has 1 unspecified atom stereocenters. The smallest absolute Gasteiger partial charge is 0.119 e. The maximum absolute atomic E-state index is 6.34. The molecule has 2 aromatic carbocycles. The molecule has 4 rings (SSSR count). The van der Waals surface area contributed by atoms with E-state index in [9.17, 15) is 0 Å². The van der Waals surface area contributed by atoms with E-state index in [-0.39, 0.29) is 0 Å². The maximum Gasteiger partial charge on any atom is 0.119 e. The van der Waals surface area contributed by atoms with Crippen LogP contribution >= 0.6 is 11.6 Å². The fourth-order valence-corrected chi connectivity index (χ4v) is 4.15. The minimum atomic E-state index is 0.309. The summed E-state index contributed by atoms with van der Waals surface area (Å²) in [4.78, 5) is 6.74. The first-order valence-corrected chi connectivity index (χ1v) is 10.4. The van der Waals surface area contributed by atoms with Gasteiger partial charge in [-0.2, -0.15) is 0 Å². The topological polar surface area (TPSA) is 30.3 Å². The van der Waals surface area contributed by atoms with Gasteiger partial charge in [0.2, 0.25) is 0 Å². The van der Waals surface area contributed by atoms with E-state index >= 15 is 0 Å². The molecule has 0 saturated heterocycles. The Kier molecular flexibility index (Phi) is 5.80. The number of pyridine rings is 1. The second-order valence-corrected chi connectivity index (χ2v) is 8.35. The van der Waals surface area contributed by atoms with Gasteiger partial charge in [0.25, 0.3) is 0 Å². The predicted molar refractivity (Wildman–Crippen MR) is 125 cm³/mol. The molecule has 154 valence electrons. The van der Waals surface area contributed by atoms with Crippen LogP contribution in [0.1, 0.15) is 13.0 Å². The third-order valence-electron chi connectivity index (χ3n) is 5.35. The number of ether oxygens (including phenoxy) is 1. The first-order valence-electron chi connectivity index (χ1n) is 10.0. The minimum absolute atomic E-state index is 0.309. The highest BCUT2D eigenvalue weighted by Gasteiger charge is 2.16. The first kappa shape index (κ1) is 20.5. The molecule has 0 bridgehead atoms. The van der Waals surface area contributed by atoms with Crippen molar-refractivity contribution in [3.05, 3.63) is 72.1 Å². The van der Waals surface area contributed by atoms with Crippen LogP contribution in [-0.4, -0.2) is 42.2 Å². The number of nitrogens with zero attached hydrogens (tertiary/aromatic N) is 3. The van der Waals surface area contributed by atoms with Crippen LogP contribution in [0.4, 0.5) is 0 Å². The van der Waals surface area contributed by atoms with Crippen LogP contribution in [0.15, 0.2) is 67.1 Å². The minimum Gasteiger partial charge on any atom is -0.497 e. The summed E-state index contributed by atoms with van der Waals surface area (Å²) in [5.74, 6) is 0.835. The number of benzene rings is 2. The fourth-order valence-electron chi connectivity index (χ4n) is 3.98. The van der Waals surface area contributed by atoms with E-state index < -0.39 is 0 Å². The largest absolute Gasteiger partial charge is 0.497 e. The second kappa shape index (κ2) is 8.50. The summed E-state index contributed by atoms with van der Waals surface area (Å²) in [7, 11) is 5.87. The summed E-state index contributed by atoms with van der Waals surface area (Å²) in [6.45, 7) is 3.17. The van der Waals surface area contributed by atoms with Gasteiger partial charge in [-0.05, 0) is 56.9 Å². The first-order chi connectivity index (χ1) is 14.5. The van der Waals surface area contributed by atoms with Crippen LogP contribution < -0.4 is 4.74 Å². The lowest BCUT2D eigenvalue weighted by atomic mass is 10.0. The highest BCUT2D eigenvalue weighted by atomic mass is 35.5. The monoisotopic (exact) mass is 419 g/mol. The second-order valence-electron chi connectivity index (χ2n) is 7.92. The predicted octanol–water partition coefficient (Wildman–Crippen LogP) is 6.15. The Labute approximate surface area is 182 Å². The molecule has 4 nitrogen and oxygen atoms in total. The van der Waals surface area contributed by atoms with Crippen molar-refractivity contribution in [1.29, 1.82) is 0 Å². The summed E-state index contributed by atoms with van der Waals surface area (Å²) in [6.07, 6.45) is 6.04. The number of halogens is 1. The van der Waals surface area contributed by atoms with Gasteiger partial charge in [0.05, 0.1) is 12.6 Å². The average molecular weight is 420 g/mol. The number of likely N-dealkylation sites (N-methyl/N-ethyl adjacent to an activating group) is 1. The molecule has 0 radical (unpaired) electrons. The van der Waals surface area contributed by atoms with Crippen LogP contribution in [0, 0.1) is 0 Å². The molecule has 0 N–H and O–H groups in total. The maximum atomic E-state index is 6.34. The zero-order chi connectivity index (χ0) is 21.3. The Morgan fingerprint density at radius 2 is 1.83 bits per heavy atom. The number of rotatable bonds is 6. The van der Waals surface area contributed by atoms with Crippen LogP contribution in [0.2, 0.25) is 5.02 Å². The summed E-state index contributed by atoms with van der Waals surface area (Å²) in [6, 6.07) is 16.6. The Bertz CT molecular complexity index is 1180. The van der Waals surface area contributed by atoms with Gasteiger partial charge in [-0.3, -0.25) is 4.98 Å². The van der Waals surface area contributed by atoms with E-state index in [1.54, 1.807) is 7.11 Å². The number of methoxy groups -OCH3 is 1. The molecule has 30 heavy (non-hydrogen) atoms. The van der Waals surface area contributed by atoms with E-state index in [4.69, 9.17) is 16.3 Å². The van der Waals surface area contributed by atoms with Gasteiger partial charge in [0.15, 0.2) is 0 Å². The number of hydrogen-bond donors (Lipinski definition) is 0. The Morgan fingerprint density at radius 3 is 2.60 bits per heavy atom. The van der Waals surface area contributed by atoms with Crippen molar-refractivity contribution in [1.82, 2.24) is 14.5 Å². The quantitative estimate of drug-likeness (QED) is 0.375. The van der Waals surface area contributed by atoms with Gasteiger partial charge in [0.1, 0.15) is 5.75 Å². The Balaban J connectivity index is 1.83. The lowest BCUT2D eigenvalue weighted by molar-refractivity contribution is 0.341. The SMILES string of the molecule is COc1cccc(-c2cncc(-c3cn(C(C)CN(C)C)c4cc(Cl)ccc34)c2)c1. The van der Waals surface area contributed by atoms with Gasteiger partial charge < -0.3 is 14.2 Å². The molecule has 5 heteroatoms. The van der Waals surface area contributed by atoms with Crippen molar-refractivity contribution in [2.24, 2.45) is 0 Å². The van der Waals surface area contributed by atoms with Crippen molar-refractivity contribution in [3.63, 3.8) is 0 Å². The fraction of sp³-hybridized carbons (Fsp3) is 0.240. The van der Waals surface area contributed by atoms with Crippen LogP contribution in [0.3, 0.4) is 0 Å². The van der Waals surface area contributed by atoms with Crippen molar-refractivity contribution < 1.29 is 4.74 Å². The summed E-state index contributed by atoms with van der Waals surface area (Å²) in [5.41, 5.74) is 5.51. The Morgan fingerprint density at radius 1 is 1.03 bits per heavy atom. The molecule has 0 fully saturated rings. The van der Waals surface area contributed by atoms with E-state index in [1.165, 1.54) is 5.39 Å². The lowest BCUT2D eigenvalue weighted by Gasteiger charge is -2.19. The van der Waals surface area contributed by atoms with Gasteiger partial charge in [-0.25, -0.2) is 0 Å². The van der Waals surface area contributed by atoms with Gasteiger partial charge in [-0.1, -0.05) is 29.8 Å². The zero-order valence-electron chi connectivity index (χ0n) is 17.8. The van der Waals surface area contributed by atoms with E-state index in [2.05, 4.69) is 59.9 Å². The van der Waals surface area contributed by atoms with E-state index in [1.807, 2.05) is 42.7 Å². The molecule has 0 aliphatic rings. The summed E-state index contributed by atoms with van der Waals surface area (Å²) < 4.78 is 7.70. The van der Waals surface area contributed by atoms with Crippen molar-refractivity contribution >= 4 is 22.5 Å². The van der Waals surface area contributed by atoms with Crippen molar-refractivity contribution in [2.45, 2.75) is 13.0 Å². The molecule has 2 heterocycles. The number of aromatic nitrogens is 2. The highest BCUT2D eigenvalue weighted by Crippen LogP contribution is 2.35. The van der Waals surface area contributed by atoms with Crippen molar-refractivity contribution in [2.75, 3.05) is 27.7 Å². The lowest BCUT2D eigenvalue weighted by Crippen LogP contribution is -2.21. The average Bonchev–Trinajstić information content (AvgIpc) is 3.12. The van der Waals surface area contributed by atoms with Gasteiger partial charge >= 0.3 is 0 Å². The van der Waals surface area contributed by atoms with E-state index in [0.29, 0.717) is 6.04 Å². The van der Waals surface area contributed by atoms with Gasteiger partial charge in [-0.15, -0.1) is 0 Å². The molecule has 1 atom stereocenters. The van der Waals surface area contributed by atoms with Crippen LogP contribution in [0.25, 0.3) is 33.2 Å². The number of hydrogen-bond acceptors (Lipinski definition) is 3. The van der Waals surface area contributed by atoms with Crippen LogP contribution in [0.5, 0.6) is 5.75 Å². The summed E-state index contributed by atoms with van der Waals surface area (Å²) in [5, 5.41) is 1.92. The normalized spacial score (nSPS) is 12.5. The number of fused-ring (bicyclic) bond motifs is 1. The molecule has 0 aliphatic carbocycles. The van der Waals surface area contributed by atoms with Gasteiger partial charge in [0, 0.05) is 58.3 Å². The zero-order valence-corrected chi connectivity index (χ0v) is 18.5. The highest BCUT2D eigenvalue weighted by molar-refractivity contribution is 6.31. The molecular weight excluding hydrogens is 394 g/mol. The molecule has 0 saturated carbocycles. The Hall–Kier alpha value is -2.82. The van der Waals surface area contributed by atoms with Crippen molar-refractivity contribution in [3.8, 4) is 28.0 Å². The standard InChI is InChI=1S/C25H26ClN3O/c1-17(15-28(2)3)29-16-24(23-9-8-21(26)12-25(23)29)20-10-19(13-27-14-20)18-6-5-7-22(11-18)30-4/h5-14,16-17H,15H2,1-4H3. The molecule has 4 aromatic rings. The van der Waals surface area contributed by atoms with Crippen LogP contribution in [-0.2, 0) is 0 Å². The molecule has 0 spiro atoms. The molecule has 0 aliphatic heterocycles. The van der Waals surface area contributed by atoms with E-state index in [0.717, 1.165) is 45.1 Å². The molecular formula is C25H26ClN3O. The molecule has 0 amide bonds. The third kappa shape index (κ3) is 4.07. The third-order valence-corrected chi connectivity index (χ3v) is 5.59. The summed E-state index contributed by atoms with van der Waals surface area (Å²) >= 11 is 6.34.